The lowest BCUT2D eigenvalue weighted by atomic mass is 9.85. The van der Waals surface area contributed by atoms with Gasteiger partial charge in [-0.2, -0.15) is 0 Å². The van der Waals surface area contributed by atoms with Crippen molar-refractivity contribution < 1.29 is 9.84 Å². The van der Waals surface area contributed by atoms with Crippen LogP contribution in [-0.4, -0.2) is 23.2 Å². The maximum Gasteiger partial charge on any atom is 0.203 e. The minimum absolute atomic E-state index is 0.229. The zero-order chi connectivity index (χ0) is 16.5. The molecule has 0 fully saturated rings. The van der Waals surface area contributed by atoms with Gasteiger partial charge in [-0.25, -0.2) is 5.84 Å². The lowest BCUT2D eigenvalue weighted by molar-refractivity contribution is 0.0575. The van der Waals surface area contributed by atoms with Crippen LogP contribution in [0, 0.1) is 20.8 Å². The number of fused-ring (bicyclic) bond motifs is 1. The van der Waals surface area contributed by atoms with E-state index in [9.17, 15) is 5.11 Å². The molecule has 0 saturated carbocycles. The number of hydrazine groups is 1. The van der Waals surface area contributed by atoms with Gasteiger partial charge in [0, 0.05) is 18.5 Å². The van der Waals surface area contributed by atoms with E-state index in [1.807, 2.05) is 20.8 Å². The van der Waals surface area contributed by atoms with E-state index in [1.165, 1.54) is 0 Å². The number of hydrogen-bond acceptors (Lipinski definition) is 4. The Morgan fingerprint density at radius 1 is 1.32 bits per heavy atom. The van der Waals surface area contributed by atoms with Gasteiger partial charge in [0.25, 0.3) is 0 Å². The Kier molecular flexibility index (Phi) is 4.51. The van der Waals surface area contributed by atoms with E-state index >= 15 is 0 Å². The number of phenols is 1. The topological polar surface area (TPSA) is 106 Å². The van der Waals surface area contributed by atoms with Gasteiger partial charge >= 0.3 is 0 Å². The highest BCUT2D eigenvalue weighted by atomic mass is 16.5. The molecule has 1 aliphatic rings. The molecule has 1 atom stereocenters. The second-order valence-corrected chi connectivity index (χ2v) is 6.24. The van der Waals surface area contributed by atoms with Crippen LogP contribution in [0.5, 0.6) is 11.5 Å². The van der Waals surface area contributed by atoms with E-state index in [0.717, 1.165) is 47.3 Å². The molecule has 6 nitrogen and oxygen atoms in total. The molecule has 0 aliphatic carbocycles. The smallest absolute Gasteiger partial charge is 0.203 e. The SMILES string of the molecule is Cc1c(C)c2c(c(C)c1O)CCC(C)(CCN=C(N)NN)O2. The fraction of sp³-hybridized carbons (Fsp3) is 0.562. The van der Waals surface area contributed by atoms with E-state index in [-0.39, 0.29) is 11.6 Å². The van der Waals surface area contributed by atoms with E-state index < -0.39 is 0 Å². The van der Waals surface area contributed by atoms with Crippen LogP contribution in [0.2, 0.25) is 0 Å². The zero-order valence-electron chi connectivity index (χ0n) is 13.8. The fourth-order valence-corrected chi connectivity index (χ4v) is 2.93. The predicted molar refractivity (Wildman–Crippen MR) is 88.1 cm³/mol. The van der Waals surface area contributed by atoms with Crippen LogP contribution in [0.1, 0.15) is 42.0 Å². The first-order valence-electron chi connectivity index (χ1n) is 7.56. The maximum absolute atomic E-state index is 10.2. The van der Waals surface area contributed by atoms with Gasteiger partial charge in [0.05, 0.1) is 0 Å². The van der Waals surface area contributed by atoms with Crippen molar-refractivity contribution in [1.82, 2.24) is 5.43 Å². The van der Waals surface area contributed by atoms with Crippen molar-refractivity contribution in [1.29, 1.82) is 0 Å². The molecule has 22 heavy (non-hydrogen) atoms. The Hall–Kier alpha value is -1.95. The summed E-state index contributed by atoms with van der Waals surface area (Å²) < 4.78 is 6.31. The first-order chi connectivity index (χ1) is 10.3. The third-order valence-electron chi connectivity index (χ3n) is 4.66. The van der Waals surface area contributed by atoms with Crippen LogP contribution >= 0.6 is 0 Å². The molecule has 1 unspecified atom stereocenters. The molecule has 1 aromatic rings. The summed E-state index contributed by atoms with van der Waals surface area (Å²) in [6, 6.07) is 0. The number of aliphatic imine (C=N–C) groups is 1. The average Bonchev–Trinajstić information content (AvgIpc) is 2.50. The van der Waals surface area contributed by atoms with Crippen molar-refractivity contribution >= 4 is 5.96 Å². The number of aromatic hydroxyl groups is 1. The third-order valence-corrected chi connectivity index (χ3v) is 4.66. The Bertz CT molecular complexity index is 613. The molecule has 0 aromatic heterocycles. The zero-order valence-corrected chi connectivity index (χ0v) is 13.8. The minimum atomic E-state index is -0.286. The van der Waals surface area contributed by atoms with Crippen molar-refractivity contribution in [2.45, 2.75) is 52.6 Å². The summed E-state index contributed by atoms with van der Waals surface area (Å²) in [5.74, 6) is 6.72. The van der Waals surface area contributed by atoms with Gasteiger partial charge in [-0.15, -0.1) is 0 Å². The number of nitrogens with zero attached hydrogens (tertiary/aromatic N) is 1. The number of guanidine groups is 1. The number of ether oxygens (including phenoxy) is 1. The van der Waals surface area contributed by atoms with Gasteiger partial charge in [-0.3, -0.25) is 10.4 Å². The van der Waals surface area contributed by atoms with Gasteiger partial charge in [-0.1, -0.05) is 0 Å². The third kappa shape index (κ3) is 2.97. The molecule has 0 bridgehead atoms. The molecule has 6 N–H and O–H groups in total. The Labute approximate surface area is 131 Å². The van der Waals surface area contributed by atoms with E-state index in [2.05, 4.69) is 17.3 Å². The summed E-state index contributed by atoms with van der Waals surface area (Å²) in [6.07, 6.45) is 2.53. The fourth-order valence-electron chi connectivity index (χ4n) is 2.93. The number of rotatable bonds is 3. The predicted octanol–water partition coefficient (Wildman–Crippen LogP) is 1.57. The van der Waals surface area contributed by atoms with E-state index in [0.29, 0.717) is 12.3 Å². The van der Waals surface area contributed by atoms with Crippen LogP contribution in [0.25, 0.3) is 0 Å². The maximum atomic E-state index is 10.2. The Morgan fingerprint density at radius 2 is 2.00 bits per heavy atom. The molecule has 1 heterocycles. The highest BCUT2D eigenvalue weighted by Crippen LogP contribution is 2.43. The van der Waals surface area contributed by atoms with Gasteiger partial charge in [0.15, 0.2) is 0 Å². The quantitative estimate of drug-likeness (QED) is 0.293. The summed E-state index contributed by atoms with van der Waals surface area (Å²) in [6.45, 7) is 8.51. The molecule has 0 spiro atoms. The first kappa shape index (κ1) is 16.4. The van der Waals surface area contributed by atoms with Crippen molar-refractivity contribution in [3.8, 4) is 11.5 Å². The molecule has 1 aliphatic heterocycles. The van der Waals surface area contributed by atoms with E-state index in [1.54, 1.807) is 0 Å². The summed E-state index contributed by atoms with van der Waals surface area (Å²) >= 11 is 0. The largest absolute Gasteiger partial charge is 0.507 e. The van der Waals surface area contributed by atoms with Crippen molar-refractivity contribution in [2.24, 2.45) is 16.6 Å². The highest BCUT2D eigenvalue weighted by molar-refractivity contribution is 5.77. The normalized spacial score (nSPS) is 21.2. The number of benzene rings is 1. The van der Waals surface area contributed by atoms with Crippen molar-refractivity contribution in [2.75, 3.05) is 6.54 Å². The number of nitrogens with one attached hydrogen (secondary N) is 1. The second kappa shape index (κ2) is 6.04. The minimum Gasteiger partial charge on any atom is -0.507 e. The van der Waals surface area contributed by atoms with Crippen LogP contribution in [0.3, 0.4) is 0 Å². The van der Waals surface area contributed by atoms with Crippen molar-refractivity contribution in [3.05, 3.63) is 22.3 Å². The number of nitrogens with two attached hydrogens (primary N) is 2. The van der Waals surface area contributed by atoms with Gasteiger partial charge in [0.1, 0.15) is 17.1 Å². The highest BCUT2D eigenvalue weighted by Gasteiger charge is 2.34. The van der Waals surface area contributed by atoms with Gasteiger partial charge in [-0.05, 0) is 57.2 Å². The molecule has 6 heteroatoms. The van der Waals surface area contributed by atoms with Gasteiger partial charge in [0.2, 0.25) is 5.96 Å². The molecule has 122 valence electrons. The van der Waals surface area contributed by atoms with Crippen LogP contribution in [-0.2, 0) is 6.42 Å². The Morgan fingerprint density at radius 3 is 2.64 bits per heavy atom. The molecule has 0 saturated heterocycles. The molecule has 0 amide bonds. The number of phenolic OH excluding ortho intramolecular Hbond substituents is 1. The standard InChI is InChI=1S/C16H26N4O2/c1-9-10(2)14-12(11(3)13(9)21)5-6-16(4,22-14)7-8-19-15(17)20-18/h21H,5-8,18H2,1-4H3,(H3,17,19,20). The first-order valence-corrected chi connectivity index (χ1v) is 7.56. The molecule has 0 radical (unpaired) electrons. The number of hydrogen-bond donors (Lipinski definition) is 4. The average molecular weight is 306 g/mol. The lowest BCUT2D eigenvalue weighted by Crippen LogP contribution is -2.39. The molecular formula is C16H26N4O2. The molecular weight excluding hydrogens is 280 g/mol. The summed E-state index contributed by atoms with van der Waals surface area (Å²) in [4.78, 5) is 4.15. The summed E-state index contributed by atoms with van der Waals surface area (Å²) in [5, 5.41) is 10.2. The summed E-state index contributed by atoms with van der Waals surface area (Å²) in [7, 11) is 0. The van der Waals surface area contributed by atoms with Crippen LogP contribution in [0.4, 0.5) is 0 Å². The molecule has 2 rings (SSSR count). The Balaban J connectivity index is 2.24. The lowest BCUT2D eigenvalue weighted by Gasteiger charge is -2.37. The monoisotopic (exact) mass is 306 g/mol. The molecule has 1 aromatic carbocycles. The summed E-state index contributed by atoms with van der Waals surface area (Å²) in [5.41, 5.74) is 11.5. The van der Waals surface area contributed by atoms with Crippen molar-refractivity contribution in [3.63, 3.8) is 0 Å². The van der Waals surface area contributed by atoms with E-state index in [4.69, 9.17) is 16.3 Å². The van der Waals surface area contributed by atoms with Gasteiger partial charge < -0.3 is 15.6 Å². The second-order valence-electron chi connectivity index (χ2n) is 6.24. The van der Waals surface area contributed by atoms with Crippen LogP contribution in [0.15, 0.2) is 4.99 Å². The van der Waals surface area contributed by atoms with Crippen LogP contribution < -0.4 is 21.7 Å².